The van der Waals surface area contributed by atoms with Crippen LogP contribution >= 0.6 is 0 Å². The van der Waals surface area contributed by atoms with Crippen LogP contribution in [0.2, 0.25) is 0 Å². The van der Waals surface area contributed by atoms with Crippen molar-refractivity contribution in [3.8, 4) is 22.8 Å². The summed E-state index contributed by atoms with van der Waals surface area (Å²) in [6, 6.07) is 11.7. The van der Waals surface area contributed by atoms with Crippen molar-refractivity contribution in [1.82, 2.24) is 20.1 Å². The standard InChI is InChI=1S/C29H28FN7O3/c1-36-17-18(16-32-36)24-15-21(9-10-31-24)40-26-8-5-19(13-23(26)30)33-29(39)35-27-22-7-6-20(14-25(22)34-28(27)38)37-11-3-2-4-12-37/h5-10,13-17,27H,2-4,11-12H2,1H3,(H,34,38)(H2,33,35,39). The maximum Gasteiger partial charge on any atom is 0.320 e. The normalized spacial score (nSPS) is 16.3. The molecule has 0 radical (unpaired) electrons. The summed E-state index contributed by atoms with van der Waals surface area (Å²) in [6.07, 6.45) is 8.60. The number of anilines is 3. The molecule has 4 heterocycles. The number of hydrogen-bond acceptors (Lipinski definition) is 6. The summed E-state index contributed by atoms with van der Waals surface area (Å²) >= 11 is 0. The molecule has 0 bridgehead atoms. The van der Waals surface area contributed by atoms with Crippen molar-refractivity contribution < 1.29 is 18.7 Å². The number of ether oxygens (including phenoxy) is 1. The van der Waals surface area contributed by atoms with Gasteiger partial charge >= 0.3 is 6.03 Å². The molecule has 4 aromatic rings. The van der Waals surface area contributed by atoms with E-state index < -0.39 is 17.9 Å². The minimum absolute atomic E-state index is 0.0112. The molecule has 1 saturated heterocycles. The first-order valence-electron chi connectivity index (χ1n) is 13.1. The van der Waals surface area contributed by atoms with Gasteiger partial charge in [0.15, 0.2) is 11.6 Å². The number of aryl methyl sites for hydroxylation is 1. The Bertz CT molecular complexity index is 1580. The first kappa shape index (κ1) is 25.4. The first-order chi connectivity index (χ1) is 19.4. The highest BCUT2D eigenvalue weighted by molar-refractivity contribution is 6.05. The van der Waals surface area contributed by atoms with Crippen molar-refractivity contribution in [3.63, 3.8) is 0 Å². The highest BCUT2D eigenvalue weighted by Crippen LogP contribution is 2.35. The van der Waals surface area contributed by atoms with Gasteiger partial charge in [-0.15, -0.1) is 0 Å². The largest absolute Gasteiger partial charge is 0.454 e. The topological polar surface area (TPSA) is 113 Å². The van der Waals surface area contributed by atoms with E-state index in [4.69, 9.17) is 4.74 Å². The number of fused-ring (bicyclic) bond motifs is 1. The molecule has 40 heavy (non-hydrogen) atoms. The monoisotopic (exact) mass is 541 g/mol. The first-order valence-corrected chi connectivity index (χ1v) is 13.1. The Balaban J connectivity index is 1.10. The predicted octanol–water partition coefficient (Wildman–Crippen LogP) is 5.22. The summed E-state index contributed by atoms with van der Waals surface area (Å²) in [5, 5.41) is 12.3. The fourth-order valence-electron chi connectivity index (χ4n) is 5.02. The Labute approximate surface area is 230 Å². The molecule has 6 rings (SSSR count). The zero-order chi connectivity index (χ0) is 27.6. The van der Waals surface area contributed by atoms with Gasteiger partial charge in [0, 0.05) is 72.9 Å². The molecule has 10 nitrogen and oxygen atoms in total. The minimum Gasteiger partial charge on any atom is -0.454 e. The van der Waals surface area contributed by atoms with Gasteiger partial charge in [-0.1, -0.05) is 6.07 Å². The van der Waals surface area contributed by atoms with Crippen LogP contribution in [-0.2, 0) is 11.8 Å². The van der Waals surface area contributed by atoms with Crippen molar-refractivity contribution in [2.45, 2.75) is 25.3 Å². The summed E-state index contributed by atoms with van der Waals surface area (Å²) < 4.78 is 22.3. The molecule has 1 unspecified atom stereocenters. The van der Waals surface area contributed by atoms with Crippen LogP contribution in [0.4, 0.5) is 26.2 Å². The second-order valence-corrected chi connectivity index (χ2v) is 9.87. The van der Waals surface area contributed by atoms with E-state index in [9.17, 15) is 14.0 Å². The number of urea groups is 1. The van der Waals surface area contributed by atoms with Gasteiger partial charge in [0.05, 0.1) is 11.9 Å². The molecular weight excluding hydrogens is 513 g/mol. The maximum atomic E-state index is 14.9. The molecule has 2 aromatic heterocycles. The van der Waals surface area contributed by atoms with Gasteiger partial charge in [-0.25, -0.2) is 9.18 Å². The second kappa shape index (κ2) is 10.7. The average Bonchev–Trinajstić information content (AvgIpc) is 3.53. The van der Waals surface area contributed by atoms with E-state index in [1.165, 1.54) is 18.6 Å². The Morgan fingerprint density at radius 3 is 2.73 bits per heavy atom. The van der Waals surface area contributed by atoms with Crippen LogP contribution in [0.3, 0.4) is 0 Å². The summed E-state index contributed by atoms with van der Waals surface area (Å²) in [5.74, 6) is -0.589. The number of benzene rings is 2. The number of halogens is 1. The van der Waals surface area contributed by atoms with Crippen molar-refractivity contribution >= 4 is 29.0 Å². The molecule has 0 aliphatic carbocycles. The molecule has 2 aliphatic heterocycles. The van der Waals surface area contributed by atoms with E-state index in [0.29, 0.717) is 22.7 Å². The number of hydrogen-bond donors (Lipinski definition) is 3. The molecule has 11 heteroatoms. The van der Waals surface area contributed by atoms with Crippen LogP contribution in [0.15, 0.2) is 67.1 Å². The number of amides is 3. The third-order valence-electron chi connectivity index (χ3n) is 7.01. The summed E-state index contributed by atoms with van der Waals surface area (Å²) in [7, 11) is 1.81. The molecule has 3 N–H and O–H groups in total. The third-order valence-corrected chi connectivity index (χ3v) is 7.01. The second-order valence-electron chi connectivity index (χ2n) is 9.87. The molecule has 2 aromatic carbocycles. The van der Waals surface area contributed by atoms with Gasteiger partial charge in [-0.2, -0.15) is 5.10 Å². The summed E-state index contributed by atoms with van der Waals surface area (Å²) in [5.41, 5.74) is 4.10. The third kappa shape index (κ3) is 5.31. The van der Waals surface area contributed by atoms with Gasteiger partial charge in [-0.3, -0.25) is 14.5 Å². The lowest BCUT2D eigenvalue weighted by atomic mass is 10.1. The number of nitrogens with one attached hydrogen (secondary N) is 3. The van der Waals surface area contributed by atoms with Crippen molar-refractivity contribution in [2.75, 3.05) is 28.6 Å². The molecule has 3 amide bonds. The zero-order valence-electron chi connectivity index (χ0n) is 21.9. The molecule has 1 atom stereocenters. The number of carbonyl (C=O) groups excluding carboxylic acids is 2. The summed E-state index contributed by atoms with van der Waals surface area (Å²) in [6.45, 7) is 1.98. The fourth-order valence-corrected chi connectivity index (χ4v) is 5.02. The highest BCUT2D eigenvalue weighted by atomic mass is 19.1. The maximum absolute atomic E-state index is 14.9. The van der Waals surface area contributed by atoms with Crippen LogP contribution < -0.4 is 25.6 Å². The number of carbonyl (C=O) groups is 2. The van der Waals surface area contributed by atoms with Crippen LogP contribution in [0.5, 0.6) is 11.5 Å². The van der Waals surface area contributed by atoms with E-state index in [1.807, 2.05) is 31.4 Å². The van der Waals surface area contributed by atoms with Crippen LogP contribution in [-0.4, -0.2) is 39.8 Å². The van der Waals surface area contributed by atoms with E-state index in [-0.39, 0.29) is 17.3 Å². The van der Waals surface area contributed by atoms with Gasteiger partial charge in [0.2, 0.25) is 0 Å². The van der Waals surface area contributed by atoms with Crippen molar-refractivity contribution in [1.29, 1.82) is 0 Å². The number of rotatable bonds is 6. The lowest BCUT2D eigenvalue weighted by molar-refractivity contribution is -0.117. The van der Waals surface area contributed by atoms with Crippen LogP contribution in [0, 0.1) is 5.82 Å². The quantitative estimate of drug-likeness (QED) is 0.309. The number of pyridine rings is 1. The Hall–Kier alpha value is -4.93. The lowest BCUT2D eigenvalue weighted by Gasteiger charge is -2.29. The molecule has 2 aliphatic rings. The molecule has 0 spiro atoms. The van der Waals surface area contributed by atoms with E-state index >= 15 is 0 Å². The average molecular weight is 542 g/mol. The lowest BCUT2D eigenvalue weighted by Crippen LogP contribution is -2.36. The Morgan fingerprint density at radius 1 is 1.10 bits per heavy atom. The van der Waals surface area contributed by atoms with Gasteiger partial charge in [0.1, 0.15) is 11.8 Å². The van der Waals surface area contributed by atoms with Crippen LogP contribution in [0.1, 0.15) is 30.9 Å². The van der Waals surface area contributed by atoms with E-state index in [2.05, 4.69) is 30.9 Å². The SMILES string of the molecule is Cn1cc(-c2cc(Oc3ccc(NC(=O)NC4C(=O)Nc5cc(N6CCCCC6)ccc54)cc3F)ccn2)cn1. The van der Waals surface area contributed by atoms with Crippen LogP contribution in [0.25, 0.3) is 11.3 Å². The number of nitrogens with zero attached hydrogens (tertiary/aromatic N) is 4. The van der Waals surface area contributed by atoms with E-state index in [1.54, 1.807) is 29.2 Å². The summed E-state index contributed by atoms with van der Waals surface area (Å²) in [4.78, 5) is 32.0. The number of aromatic nitrogens is 3. The van der Waals surface area contributed by atoms with E-state index in [0.717, 1.165) is 43.2 Å². The Kier molecular flexibility index (Phi) is 6.77. The number of piperidine rings is 1. The van der Waals surface area contributed by atoms with Crippen molar-refractivity contribution in [3.05, 3.63) is 78.5 Å². The molecular formula is C29H28FN7O3. The van der Waals surface area contributed by atoms with Crippen molar-refractivity contribution in [2.24, 2.45) is 7.05 Å². The minimum atomic E-state index is -0.849. The molecule has 204 valence electrons. The molecule has 1 fully saturated rings. The van der Waals surface area contributed by atoms with Gasteiger partial charge < -0.3 is 25.6 Å². The smallest absolute Gasteiger partial charge is 0.320 e. The highest BCUT2D eigenvalue weighted by Gasteiger charge is 2.32. The molecule has 0 saturated carbocycles. The zero-order valence-corrected chi connectivity index (χ0v) is 21.9. The van der Waals surface area contributed by atoms with Gasteiger partial charge in [0.25, 0.3) is 5.91 Å². The fraction of sp³-hybridized carbons (Fsp3) is 0.241. The predicted molar refractivity (Wildman–Crippen MR) is 149 cm³/mol. The Morgan fingerprint density at radius 2 is 1.95 bits per heavy atom. The van der Waals surface area contributed by atoms with Gasteiger partial charge in [-0.05, 0) is 49.6 Å².